The lowest BCUT2D eigenvalue weighted by Gasteiger charge is -2.62. The third kappa shape index (κ3) is 2.36. The van der Waals surface area contributed by atoms with E-state index in [9.17, 15) is 17.8 Å². The first-order valence-electron chi connectivity index (χ1n) is 12.4. The maximum absolute atomic E-state index is 12.2. The fourth-order valence-electron chi connectivity index (χ4n) is 10.8. The number of carbonyl (C=O) groups is 1. The molecule has 1 aliphatic heterocycles. The van der Waals surface area contributed by atoms with Crippen LogP contribution in [-0.2, 0) is 24.1 Å². The van der Waals surface area contributed by atoms with E-state index in [0.717, 1.165) is 43.4 Å². The van der Waals surface area contributed by atoms with Crippen LogP contribution in [0.1, 0.15) is 71.6 Å². The summed E-state index contributed by atoms with van der Waals surface area (Å²) in [6.45, 7) is 4.93. The van der Waals surface area contributed by atoms with Crippen molar-refractivity contribution in [2.45, 2.75) is 83.3 Å². The Hall–Kier alpha value is -0.660. The van der Waals surface area contributed by atoms with Crippen molar-refractivity contribution in [1.29, 1.82) is 0 Å². The predicted molar refractivity (Wildman–Crippen MR) is 111 cm³/mol. The molecule has 31 heavy (non-hydrogen) atoms. The minimum absolute atomic E-state index is 0.0202. The number of ether oxygens (including phenoxy) is 1. The van der Waals surface area contributed by atoms with E-state index in [0.29, 0.717) is 42.4 Å². The van der Waals surface area contributed by atoms with Crippen LogP contribution in [0.2, 0.25) is 0 Å². The summed E-state index contributed by atoms with van der Waals surface area (Å²) in [7, 11) is -4.39. The van der Waals surface area contributed by atoms with Crippen LogP contribution in [-0.4, -0.2) is 30.6 Å². The summed E-state index contributed by atoms with van der Waals surface area (Å²) in [5.74, 6) is 5.36. The van der Waals surface area contributed by atoms with Gasteiger partial charge in [0.05, 0.1) is 6.10 Å². The van der Waals surface area contributed by atoms with Gasteiger partial charge in [-0.2, -0.15) is 8.42 Å². The Morgan fingerprint density at radius 1 is 0.968 bits per heavy atom. The zero-order valence-corrected chi connectivity index (χ0v) is 19.3. The Kier molecular flexibility index (Phi) is 3.63. The van der Waals surface area contributed by atoms with E-state index in [2.05, 4.69) is 13.8 Å². The highest BCUT2D eigenvalue weighted by Crippen LogP contribution is 2.82. The molecule has 6 nitrogen and oxygen atoms in total. The van der Waals surface area contributed by atoms with Crippen LogP contribution in [0.3, 0.4) is 0 Å². The van der Waals surface area contributed by atoms with Gasteiger partial charge in [0.1, 0.15) is 5.60 Å². The number of hydrogen-bond donors (Lipinski definition) is 1. The fourth-order valence-corrected chi connectivity index (χ4v) is 11.3. The molecule has 6 aliphatic carbocycles. The second-order valence-electron chi connectivity index (χ2n) is 12.6. The molecule has 0 amide bonds. The molecule has 7 heteroatoms. The molecule has 0 radical (unpaired) electrons. The van der Waals surface area contributed by atoms with Gasteiger partial charge in [-0.05, 0) is 98.2 Å². The van der Waals surface area contributed by atoms with Crippen molar-refractivity contribution in [3.63, 3.8) is 0 Å². The van der Waals surface area contributed by atoms with Crippen molar-refractivity contribution in [3.8, 4) is 0 Å². The van der Waals surface area contributed by atoms with Gasteiger partial charge in [-0.25, -0.2) is 4.18 Å². The third-order valence-electron chi connectivity index (χ3n) is 11.8. The first-order chi connectivity index (χ1) is 14.6. The van der Waals surface area contributed by atoms with E-state index >= 15 is 0 Å². The molecule has 0 aromatic rings. The molecule has 172 valence electrons. The molecule has 1 heterocycles. The molecule has 0 unspecified atom stereocenters. The summed E-state index contributed by atoms with van der Waals surface area (Å²) in [6.07, 6.45) is 8.48. The zero-order valence-electron chi connectivity index (χ0n) is 18.5. The van der Waals surface area contributed by atoms with Gasteiger partial charge in [0, 0.05) is 17.8 Å². The molecule has 1 N–H and O–H groups in total. The van der Waals surface area contributed by atoms with E-state index in [1.54, 1.807) is 0 Å². The van der Waals surface area contributed by atoms with E-state index < -0.39 is 10.4 Å². The summed E-state index contributed by atoms with van der Waals surface area (Å²) in [5.41, 5.74) is 0.179. The van der Waals surface area contributed by atoms with Gasteiger partial charge in [-0.15, -0.1) is 0 Å². The Labute approximate surface area is 184 Å². The van der Waals surface area contributed by atoms with Crippen LogP contribution in [0, 0.1) is 58.2 Å². The number of hydrogen-bond acceptors (Lipinski definition) is 5. The van der Waals surface area contributed by atoms with Gasteiger partial charge in [0.15, 0.2) is 0 Å². The van der Waals surface area contributed by atoms with Crippen LogP contribution in [0.15, 0.2) is 0 Å². The van der Waals surface area contributed by atoms with Crippen LogP contribution in [0.25, 0.3) is 0 Å². The Bertz CT molecular complexity index is 963. The molecule has 1 spiro atoms. The molecule has 1 saturated heterocycles. The summed E-state index contributed by atoms with van der Waals surface area (Å²) >= 11 is 0. The molecular formula is C24H34O6S. The largest absolute Gasteiger partial charge is 0.458 e. The molecular weight excluding hydrogens is 416 g/mol. The van der Waals surface area contributed by atoms with Crippen LogP contribution >= 0.6 is 0 Å². The van der Waals surface area contributed by atoms with Gasteiger partial charge in [0.2, 0.25) is 0 Å². The number of esters is 1. The molecule has 7 aliphatic rings. The van der Waals surface area contributed by atoms with E-state index in [4.69, 9.17) is 8.92 Å². The Morgan fingerprint density at radius 2 is 1.77 bits per heavy atom. The average Bonchev–Trinajstić information content (AvgIpc) is 3.58. The molecule has 0 aromatic carbocycles. The second-order valence-corrected chi connectivity index (χ2v) is 13.7. The Morgan fingerprint density at radius 3 is 2.48 bits per heavy atom. The zero-order chi connectivity index (χ0) is 21.6. The van der Waals surface area contributed by atoms with Gasteiger partial charge in [-0.3, -0.25) is 9.35 Å². The van der Waals surface area contributed by atoms with E-state index in [1.165, 1.54) is 19.3 Å². The molecule has 12 atom stereocenters. The molecule has 0 aromatic heterocycles. The standard InChI is InChI=1S/C24H34O6S/c1-22-6-3-12(30-31(26,27)28)9-17(22)13-10-14(13)20-16(22)4-7-23(2)21(20)15-11-18(15)24(23)8-5-19(25)29-24/h12-18,20-21H,3-11H2,1-2H3,(H,26,27,28)/t12-,13+,14-,15+,16-,17-,18-,20+,21-,22+,23-,24-/m0/s1. The van der Waals surface area contributed by atoms with Crippen molar-refractivity contribution in [2.75, 3.05) is 0 Å². The normalized spacial score (nSPS) is 61.0. The highest BCUT2D eigenvalue weighted by molar-refractivity contribution is 7.80. The lowest BCUT2D eigenvalue weighted by Crippen LogP contribution is -2.59. The van der Waals surface area contributed by atoms with E-state index in [1.807, 2.05) is 0 Å². The first kappa shape index (κ1) is 19.8. The number of rotatable bonds is 2. The van der Waals surface area contributed by atoms with Crippen molar-refractivity contribution in [3.05, 3.63) is 0 Å². The van der Waals surface area contributed by atoms with Gasteiger partial charge in [-0.1, -0.05) is 13.8 Å². The highest BCUT2D eigenvalue weighted by atomic mass is 32.3. The minimum atomic E-state index is -4.39. The van der Waals surface area contributed by atoms with Crippen molar-refractivity contribution >= 4 is 16.4 Å². The van der Waals surface area contributed by atoms with Crippen molar-refractivity contribution in [1.82, 2.24) is 0 Å². The monoisotopic (exact) mass is 450 g/mol. The average molecular weight is 451 g/mol. The van der Waals surface area contributed by atoms with Crippen LogP contribution < -0.4 is 0 Å². The van der Waals surface area contributed by atoms with Crippen molar-refractivity contribution < 1.29 is 26.7 Å². The minimum Gasteiger partial charge on any atom is -0.458 e. The highest BCUT2D eigenvalue weighted by Gasteiger charge is 2.81. The van der Waals surface area contributed by atoms with Gasteiger partial charge >= 0.3 is 16.4 Å². The summed E-state index contributed by atoms with van der Waals surface area (Å²) in [6, 6.07) is 0. The lowest BCUT2D eigenvalue weighted by molar-refractivity contribution is -0.187. The third-order valence-corrected chi connectivity index (χ3v) is 12.3. The molecule has 0 bridgehead atoms. The van der Waals surface area contributed by atoms with E-state index in [-0.39, 0.29) is 28.5 Å². The Balaban J connectivity index is 1.21. The predicted octanol–water partition coefficient (Wildman–Crippen LogP) is 4.00. The van der Waals surface area contributed by atoms with Crippen LogP contribution in [0.4, 0.5) is 0 Å². The van der Waals surface area contributed by atoms with Gasteiger partial charge in [0.25, 0.3) is 0 Å². The quantitative estimate of drug-likeness (QED) is 0.505. The van der Waals surface area contributed by atoms with Crippen molar-refractivity contribution in [2.24, 2.45) is 58.2 Å². The maximum Gasteiger partial charge on any atom is 0.397 e. The summed E-state index contributed by atoms with van der Waals surface area (Å²) in [4.78, 5) is 12.2. The number of carbonyl (C=O) groups excluding carboxylic acids is 1. The lowest BCUT2D eigenvalue weighted by atomic mass is 9.43. The molecule has 6 saturated carbocycles. The topological polar surface area (TPSA) is 89.9 Å². The summed E-state index contributed by atoms with van der Waals surface area (Å²) in [5, 5.41) is 0. The molecule has 7 fully saturated rings. The maximum atomic E-state index is 12.2. The fraction of sp³-hybridized carbons (Fsp3) is 0.958. The van der Waals surface area contributed by atoms with Gasteiger partial charge < -0.3 is 4.74 Å². The summed E-state index contributed by atoms with van der Waals surface area (Å²) < 4.78 is 43.1. The number of fused-ring (bicyclic) bond motifs is 12. The second kappa shape index (κ2) is 5.69. The van der Waals surface area contributed by atoms with Crippen LogP contribution in [0.5, 0.6) is 0 Å². The molecule has 7 rings (SSSR count). The SMILES string of the molecule is C[C@]12CC[C@H](OS(=O)(=O)O)C[C@H]1[C@@H]1C[C@@H]1[C@H]1[C@@H]3[C@@H]4C[C@@H]4[C@@]4(CCC(=O)O4)[C@@]3(C)CC[C@@H]12. The smallest absolute Gasteiger partial charge is 0.397 e. The first-order valence-corrected chi connectivity index (χ1v) is 13.8.